The van der Waals surface area contributed by atoms with Crippen LogP contribution in [0.15, 0.2) is 40.9 Å². The van der Waals surface area contributed by atoms with E-state index in [1.54, 1.807) is 6.20 Å². The van der Waals surface area contributed by atoms with E-state index in [1.165, 1.54) is 0 Å². The number of rotatable bonds is 7. The van der Waals surface area contributed by atoms with Crippen LogP contribution in [0.4, 0.5) is 0 Å². The van der Waals surface area contributed by atoms with Gasteiger partial charge in [0, 0.05) is 13.0 Å². The Morgan fingerprint density at radius 2 is 2.15 bits per heavy atom. The number of carboxylic acid groups (broad SMARTS) is 1. The lowest BCUT2D eigenvalue weighted by molar-refractivity contribution is -0.138. The molecule has 5 nitrogen and oxygen atoms in total. The number of hydrogen-bond acceptors (Lipinski definition) is 4. The van der Waals surface area contributed by atoms with Crippen molar-refractivity contribution in [2.24, 2.45) is 0 Å². The van der Waals surface area contributed by atoms with Crippen LogP contribution in [0.25, 0.3) is 0 Å². The highest BCUT2D eigenvalue weighted by atomic mass is 16.4. The molecule has 5 heteroatoms. The summed E-state index contributed by atoms with van der Waals surface area (Å²) < 4.78 is 5.46. The predicted molar refractivity (Wildman–Crippen MR) is 74.4 cm³/mol. The summed E-state index contributed by atoms with van der Waals surface area (Å²) in [7, 11) is 0. The SMILES string of the molecule is CCc1cnc(CNCC(C(=O)O)c2ccccc2)o1. The molecule has 1 atom stereocenters. The van der Waals surface area contributed by atoms with Crippen LogP contribution in [-0.4, -0.2) is 22.6 Å². The number of aromatic nitrogens is 1. The molecule has 2 aromatic rings. The van der Waals surface area contributed by atoms with Gasteiger partial charge in [0.25, 0.3) is 0 Å². The fourth-order valence-corrected chi connectivity index (χ4v) is 1.95. The molecule has 0 spiro atoms. The van der Waals surface area contributed by atoms with Crippen molar-refractivity contribution in [2.45, 2.75) is 25.8 Å². The molecule has 2 rings (SSSR count). The molecule has 1 unspecified atom stereocenters. The van der Waals surface area contributed by atoms with Crippen molar-refractivity contribution in [1.29, 1.82) is 0 Å². The average Bonchev–Trinajstić information content (AvgIpc) is 2.92. The number of carbonyl (C=O) groups is 1. The summed E-state index contributed by atoms with van der Waals surface area (Å²) in [5.74, 6) is 0.000790. The summed E-state index contributed by atoms with van der Waals surface area (Å²) in [4.78, 5) is 15.4. The lowest BCUT2D eigenvalue weighted by atomic mass is 9.99. The number of aryl methyl sites for hydroxylation is 1. The lowest BCUT2D eigenvalue weighted by Crippen LogP contribution is -2.26. The maximum Gasteiger partial charge on any atom is 0.312 e. The van der Waals surface area contributed by atoms with Crippen LogP contribution in [0.5, 0.6) is 0 Å². The van der Waals surface area contributed by atoms with Crippen LogP contribution in [0.2, 0.25) is 0 Å². The normalized spacial score (nSPS) is 12.2. The minimum Gasteiger partial charge on any atom is -0.481 e. The molecular weight excluding hydrogens is 256 g/mol. The number of benzene rings is 1. The second-order valence-corrected chi connectivity index (χ2v) is 4.51. The third-order valence-electron chi connectivity index (χ3n) is 3.07. The fourth-order valence-electron chi connectivity index (χ4n) is 1.95. The van der Waals surface area contributed by atoms with E-state index in [4.69, 9.17) is 4.42 Å². The van der Waals surface area contributed by atoms with Gasteiger partial charge in [0.05, 0.1) is 18.7 Å². The summed E-state index contributed by atoms with van der Waals surface area (Å²) in [5.41, 5.74) is 0.786. The van der Waals surface area contributed by atoms with Gasteiger partial charge in [-0.2, -0.15) is 0 Å². The third kappa shape index (κ3) is 3.68. The van der Waals surface area contributed by atoms with E-state index in [0.717, 1.165) is 17.7 Å². The highest BCUT2D eigenvalue weighted by Crippen LogP contribution is 2.15. The van der Waals surface area contributed by atoms with Crippen molar-refractivity contribution in [3.63, 3.8) is 0 Å². The van der Waals surface area contributed by atoms with E-state index in [2.05, 4.69) is 10.3 Å². The number of hydrogen-bond donors (Lipinski definition) is 2. The van der Waals surface area contributed by atoms with Crippen LogP contribution >= 0.6 is 0 Å². The average molecular weight is 274 g/mol. The van der Waals surface area contributed by atoms with E-state index in [0.29, 0.717) is 19.0 Å². The number of carboxylic acids is 1. The van der Waals surface area contributed by atoms with Crippen molar-refractivity contribution < 1.29 is 14.3 Å². The molecule has 20 heavy (non-hydrogen) atoms. The van der Waals surface area contributed by atoms with Gasteiger partial charge in [-0.15, -0.1) is 0 Å². The van der Waals surface area contributed by atoms with Crippen molar-refractivity contribution in [1.82, 2.24) is 10.3 Å². The third-order valence-corrected chi connectivity index (χ3v) is 3.07. The summed E-state index contributed by atoms with van der Waals surface area (Å²) in [5, 5.41) is 12.4. The van der Waals surface area contributed by atoms with E-state index in [9.17, 15) is 9.90 Å². The van der Waals surface area contributed by atoms with Crippen LogP contribution < -0.4 is 5.32 Å². The number of aliphatic carboxylic acids is 1. The molecule has 0 aliphatic carbocycles. The number of nitrogens with one attached hydrogen (secondary N) is 1. The first-order valence-corrected chi connectivity index (χ1v) is 6.62. The highest BCUT2D eigenvalue weighted by molar-refractivity contribution is 5.76. The van der Waals surface area contributed by atoms with Gasteiger partial charge in [0.1, 0.15) is 5.76 Å². The largest absolute Gasteiger partial charge is 0.481 e. The van der Waals surface area contributed by atoms with Crippen molar-refractivity contribution in [2.75, 3.05) is 6.54 Å². The van der Waals surface area contributed by atoms with Crippen LogP contribution in [-0.2, 0) is 17.8 Å². The lowest BCUT2D eigenvalue weighted by Gasteiger charge is -2.12. The van der Waals surface area contributed by atoms with Crippen molar-refractivity contribution in [3.05, 3.63) is 53.7 Å². The first-order valence-electron chi connectivity index (χ1n) is 6.62. The maximum absolute atomic E-state index is 11.3. The van der Waals surface area contributed by atoms with Gasteiger partial charge < -0.3 is 14.8 Å². The molecule has 0 aliphatic heterocycles. The van der Waals surface area contributed by atoms with Gasteiger partial charge in [-0.25, -0.2) is 4.98 Å². The van der Waals surface area contributed by atoms with Crippen LogP contribution in [0.1, 0.15) is 30.1 Å². The second kappa shape index (κ2) is 6.86. The molecule has 0 fully saturated rings. The monoisotopic (exact) mass is 274 g/mol. The zero-order valence-electron chi connectivity index (χ0n) is 11.4. The molecule has 1 heterocycles. The van der Waals surface area contributed by atoms with E-state index in [-0.39, 0.29) is 0 Å². The first-order chi connectivity index (χ1) is 9.70. The maximum atomic E-state index is 11.3. The topological polar surface area (TPSA) is 75.4 Å². The Hall–Kier alpha value is -2.14. The number of nitrogens with zero attached hydrogens (tertiary/aromatic N) is 1. The highest BCUT2D eigenvalue weighted by Gasteiger charge is 2.19. The second-order valence-electron chi connectivity index (χ2n) is 4.51. The summed E-state index contributed by atoms with van der Waals surface area (Å²) >= 11 is 0. The first kappa shape index (κ1) is 14.3. The Bertz CT molecular complexity index is 551. The van der Waals surface area contributed by atoms with Gasteiger partial charge >= 0.3 is 5.97 Å². The molecule has 0 saturated carbocycles. The molecule has 0 aliphatic rings. The summed E-state index contributed by atoms with van der Waals surface area (Å²) in [6.45, 7) is 2.76. The van der Waals surface area contributed by atoms with E-state index >= 15 is 0 Å². The summed E-state index contributed by atoms with van der Waals surface area (Å²) in [6, 6.07) is 9.19. The standard InChI is InChI=1S/C15H18N2O3/c1-2-12-8-17-14(20-12)10-16-9-13(15(18)19)11-6-4-3-5-7-11/h3-8,13,16H,2,9-10H2,1H3,(H,18,19). The molecular formula is C15H18N2O3. The molecule has 0 radical (unpaired) electrons. The Labute approximate surface area is 117 Å². The van der Waals surface area contributed by atoms with Gasteiger partial charge in [0.2, 0.25) is 5.89 Å². The molecule has 2 N–H and O–H groups in total. The molecule has 1 aromatic heterocycles. The molecule has 0 saturated heterocycles. The minimum atomic E-state index is -0.842. The van der Waals surface area contributed by atoms with Gasteiger partial charge in [-0.3, -0.25) is 4.79 Å². The number of oxazole rings is 1. The Balaban J connectivity index is 1.91. The van der Waals surface area contributed by atoms with Gasteiger partial charge in [-0.05, 0) is 5.56 Å². The zero-order chi connectivity index (χ0) is 14.4. The predicted octanol–water partition coefficient (Wildman–Crippen LogP) is 2.20. The van der Waals surface area contributed by atoms with Crippen molar-refractivity contribution in [3.8, 4) is 0 Å². The Morgan fingerprint density at radius 1 is 1.40 bits per heavy atom. The fraction of sp³-hybridized carbons (Fsp3) is 0.333. The summed E-state index contributed by atoms with van der Waals surface area (Å²) in [6.07, 6.45) is 2.50. The quantitative estimate of drug-likeness (QED) is 0.809. The minimum absolute atomic E-state index is 0.336. The zero-order valence-corrected chi connectivity index (χ0v) is 11.4. The Morgan fingerprint density at radius 3 is 2.75 bits per heavy atom. The van der Waals surface area contributed by atoms with Gasteiger partial charge in [-0.1, -0.05) is 37.3 Å². The smallest absolute Gasteiger partial charge is 0.312 e. The van der Waals surface area contributed by atoms with Gasteiger partial charge in [0.15, 0.2) is 0 Å². The Kier molecular flexibility index (Phi) is 4.90. The van der Waals surface area contributed by atoms with E-state index in [1.807, 2.05) is 37.3 Å². The molecule has 0 amide bonds. The molecule has 1 aromatic carbocycles. The molecule has 106 valence electrons. The van der Waals surface area contributed by atoms with Crippen LogP contribution in [0.3, 0.4) is 0 Å². The van der Waals surface area contributed by atoms with Crippen molar-refractivity contribution >= 4 is 5.97 Å². The van der Waals surface area contributed by atoms with E-state index < -0.39 is 11.9 Å². The molecule has 0 bridgehead atoms. The van der Waals surface area contributed by atoms with Crippen LogP contribution in [0, 0.1) is 0 Å².